The molecule has 0 amide bonds. The molecule has 0 aliphatic carbocycles. The minimum atomic E-state index is -0.759. The molecular formula is C13H19NO2. The van der Waals surface area contributed by atoms with E-state index < -0.39 is 5.97 Å². The van der Waals surface area contributed by atoms with E-state index in [1.165, 1.54) is 5.56 Å². The lowest BCUT2D eigenvalue weighted by molar-refractivity contribution is -0.136. The molecule has 1 aromatic rings. The Morgan fingerprint density at radius 2 is 1.94 bits per heavy atom. The molecule has 0 aliphatic heterocycles. The Kier molecular flexibility index (Phi) is 4.50. The molecule has 3 nitrogen and oxygen atoms in total. The van der Waals surface area contributed by atoms with Gasteiger partial charge in [-0.2, -0.15) is 0 Å². The highest BCUT2D eigenvalue weighted by atomic mass is 16.4. The summed E-state index contributed by atoms with van der Waals surface area (Å²) < 4.78 is 0. The van der Waals surface area contributed by atoms with Crippen molar-refractivity contribution in [1.82, 2.24) is 5.32 Å². The van der Waals surface area contributed by atoms with E-state index in [2.05, 4.69) is 31.3 Å². The lowest BCUT2D eigenvalue weighted by Crippen LogP contribution is -2.34. The summed E-state index contributed by atoms with van der Waals surface area (Å²) in [7, 11) is 0. The summed E-state index contributed by atoms with van der Waals surface area (Å²) in [6, 6.07) is 10.2. The molecule has 2 N–H and O–H groups in total. The Morgan fingerprint density at radius 3 is 2.50 bits per heavy atom. The number of aliphatic carboxylic acids is 1. The van der Waals surface area contributed by atoms with Gasteiger partial charge in [0.25, 0.3) is 0 Å². The summed E-state index contributed by atoms with van der Waals surface area (Å²) in [6.45, 7) is 5.60. The molecule has 0 aliphatic rings. The number of carboxylic acids is 1. The molecule has 0 atom stereocenters. The van der Waals surface area contributed by atoms with E-state index >= 15 is 0 Å². The van der Waals surface area contributed by atoms with Gasteiger partial charge in [0.05, 0.1) is 6.42 Å². The molecule has 16 heavy (non-hydrogen) atoms. The zero-order chi connectivity index (χ0) is 12.0. The monoisotopic (exact) mass is 221 g/mol. The van der Waals surface area contributed by atoms with Crippen LogP contribution in [0.15, 0.2) is 30.3 Å². The molecular weight excluding hydrogens is 202 g/mol. The molecule has 0 spiro atoms. The van der Waals surface area contributed by atoms with E-state index in [-0.39, 0.29) is 11.8 Å². The van der Waals surface area contributed by atoms with E-state index in [4.69, 9.17) is 5.11 Å². The molecule has 0 saturated heterocycles. The molecule has 3 heteroatoms. The van der Waals surface area contributed by atoms with Crippen molar-refractivity contribution in [2.24, 2.45) is 0 Å². The maximum absolute atomic E-state index is 10.4. The summed E-state index contributed by atoms with van der Waals surface area (Å²) in [5.74, 6) is -0.759. The van der Waals surface area contributed by atoms with Crippen molar-refractivity contribution in [2.75, 3.05) is 13.1 Å². The predicted molar refractivity (Wildman–Crippen MR) is 64.6 cm³/mol. The van der Waals surface area contributed by atoms with Gasteiger partial charge in [-0.1, -0.05) is 44.2 Å². The van der Waals surface area contributed by atoms with Crippen LogP contribution >= 0.6 is 0 Å². The highest BCUT2D eigenvalue weighted by molar-refractivity contribution is 5.66. The van der Waals surface area contributed by atoms with E-state index in [1.807, 2.05) is 18.2 Å². The Hall–Kier alpha value is -1.35. The van der Waals surface area contributed by atoms with E-state index in [0.29, 0.717) is 6.54 Å². The normalized spacial score (nSPS) is 11.4. The van der Waals surface area contributed by atoms with Gasteiger partial charge in [-0.15, -0.1) is 0 Å². The van der Waals surface area contributed by atoms with Gasteiger partial charge in [0, 0.05) is 18.5 Å². The topological polar surface area (TPSA) is 49.3 Å². The first kappa shape index (κ1) is 12.7. The van der Waals surface area contributed by atoms with E-state index in [0.717, 1.165) is 6.54 Å². The third kappa shape index (κ3) is 4.03. The minimum Gasteiger partial charge on any atom is -0.481 e. The second-order valence-corrected chi connectivity index (χ2v) is 4.57. The van der Waals surface area contributed by atoms with Crippen LogP contribution in [0.1, 0.15) is 25.8 Å². The van der Waals surface area contributed by atoms with Crippen molar-refractivity contribution in [3.63, 3.8) is 0 Å². The summed E-state index contributed by atoms with van der Waals surface area (Å²) in [6.07, 6.45) is 0.171. The number of benzene rings is 1. The fraction of sp³-hybridized carbons (Fsp3) is 0.462. The molecule has 1 rings (SSSR count). The molecule has 1 aromatic carbocycles. The van der Waals surface area contributed by atoms with Gasteiger partial charge in [-0.05, 0) is 5.56 Å². The van der Waals surface area contributed by atoms with Gasteiger partial charge in [-0.3, -0.25) is 4.79 Å². The lowest BCUT2D eigenvalue weighted by atomic mass is 9.84. The van der Waals surface area contributed by atoms with E-state index in [1.54, 1.807) is 0 Å². The number of carbonyl (C=O) groups is 1. The Balaban J connectivity index is 2.43. The summed E-state index contributed by atoms with van der Waals surface area (Å²) in [5.41, 5.74) is 1.29. The highest BCUT2D eigenvalue weighted by Crippen LogP contribution is 2.21. The average Bonchev–Trinajstić information content (AvgIpc) is 2.26. The van der Waals surface area contributed by atoms with Crippen molar-refractivity contribution in [3.05, 3.63) is 35.9 Å². The molecule has 0 unspecified atom stereocenters. The van der Waals surface area contributed by atoms with Crippen LogP contribution < -0.4 is 5.32 Å². The standard InChI is InChI=1S/C13H19NO2/c1-13(2,10-14-9-8-12(15)16)11-6-4-3-5-7-11/h3-7,14H,8-10H2,1-2H3,(H,15,16). The van der Waals surface area contributed by atoms with Crippen LogP contribution in [-0.4, -0.2) is 24.2 Å². The van der Waals surface area contributed by atoms with Crippen LogP contribution in [0.3, 0.4) is 0 Å². The zero-order valence-electron chi connectivity index (χ0n) is 9.86. The van der Waals surface area contributed by atoms with Gasteiger partial charge in [-0.25, -0.2) is 0 Å². The SMILES string of the molecule is CC(C)(CNCCC(=O)O)c1ccccc1. The second-order valence-electron chi connectivity index (χ2n) is 4.57. The quantitative estimate of drug-likeness (QED) is 0.723. The van der Waals surface area contributed by atoms with Crippen LogP contribution in [0.25, 0.3) is 0 Å². The number of rotatable bonds is 6. The number of nitrogens with one attached hydrogen (secondary N) is 1. The first-order valence-corrected chi connectivity index (χ1v) is 5.50. The maximum atomic E-state index is 10.4. The Morgan fingerprint density at radius 1 is 1.31 bits per heavy atom. The molecule has 0 fully saturated rings. The summed E-state index contributed by atoms with van der Waals surface area (Å²) in [4.78, 5) is 10.4. The summed E-state index contributed by atoms with van der Waals surface area (Å²) in [5, 5.41) is 11.7. The Labute approximate surface area is 96.5 Å². The van der Waals surface area contributed by atoms with Gasteiger partial charge < -0.3 is 10.4 Å². The maximum Gasteiger partial charge on any atom is 0.304 e. The third-order valence-corrected chi connectivity index (χ3v) is 2.64. The number of hydrogen-bond acceptors (Lipinski definition) is 2. The smallest absolute Gasteiger partial charge is 0.304 e. The fourth-order valence-corrected chi connectivity index (χ4v) is 1.59. The van der Waals surface area contributed by atoms with Crippen LogP contribution in [0.2, 0.25) is 0 Å². The zero-order valence-corrected chi connectivity index (χ0v) is 9.86. The number of carboxylic acid groups (broad SMARTS) is 1. The summed E-state index contributed by atoms with van der Waals surface area (Å²) >= 11 is 0. The fourth-order valence-electron chi connectivity index (χ4n) is 1.59. The van der Waals surface area contributed by atoms with Gasteiger partial charge in [0.2, 0.25) is 0 Å². The van der Waals surface area contributed by atoms with Gasteiger partial charge >= 0.3 is 5.97 Å². The third-order valence-electron chi connectivity index (χ3n) is 2.64. The van der Waals surface area contributed by atoms with Crippen molar-refractivity contribution >= 4 is 5.97 Å². The van der Waals surface area contributed by atoms with Crippen LogP contribution in [-0.2, 0) is 10.2 Å². The molecule has 0 aromatic heterocycles. The first-order chi connectivity index (χ1) is 7.52. The molecule has 88 valence electrons. The van der Waals surface area contributed by atoms with Crippen molar-refractivity contribution < 1.29 is 9.90 Å². The molecule has 0 heterocycles. The minimum absolute atomic E-state index is 0.0275. The molecule has 0 bridgehead atoms. The van der Waals surface area contributed by atoms with Crippen LogP contribution in [0.4, 0.5) is 0 Å². The van der Waals surface area contributed by atoms with Crippen LogP contribution in [0.5, 0.6) is 0 Å². The average molecular weight is 221 g/mol. The van der Waals surface area contributed by atoms with E-state index in [9.17, 15) is 4.79 Å². The highest BCUT2D eigenvalue weighted by Gasteiger charge is 2.19. The molecule has 0 saturated carbocycles. The first-order valence-electron chi connectivity index (χ1n) is 5.50. The van der Waals surface area contributed by atoms with Gasteiger partial charge in [0.15, 0.2) is 0 Å². The lowest BCUT2D eigenvalue weighted by Gasteiger charge is -2.25. The predicted octanol–water partition coefficient (Wildman–Crippen LogP) is 2.03. The van der Waals surface area contributed by atoms with Gasteiger partial charge in [0.1, 0.15) is 0 Å². The second kappa shape index (κ2) is 5.66. The number of hydrogen-bond donors (Lipinski definition) is 2. The largest absolute Gasteiger partial charge is 0.481 e. The Bertz CT molecular complexity index is 333. The van der Waals surface area contributed by atoms with Crippen LogP contribution in [0, 0.1) is 0 Å². The molecule has 0 radical (unpaired) electrons. The van der Waals surface area contributed by atoms with Crippen molar-refractivity contribution in [3.8, 4) is 0 Å². The van der Waals surface area contributed by atoms with Crippen molar-refractivity contribution in [2.45, 2.75) is 25.7 Å². The van der Waals surface area contributed by atoms with Crippen molar-refractivity contribution in [1.29, 1.82) is 0 Å².